The molecular weight excluding hydrogens is 198 g/mol. The average Bonchev–Trinajstić information content (AvgIpc) is 2.22. The van der Waals surface area contributed by atoms with Gasteiger partial charge in [0, 0.05) is 16.8 Å². The first-order valence-corrected chi connectivity index (χ1v) is 5.96. The van der Waals surface area contributed by atoms with Crippen molar-refractivity contribution < 1.29 is 4.74 Å². The highest BCUT2D eigenvalue weighted by Crippen LogP contribution is 2.41. The number of nitrogen functional groups attached to an aromatic ring is 1. The number of anilines is 1. The van der Waals surface area contributed by atoms with Gasteiger partial charge >= 0.3 is 0 Å². The van der Waals surface area contributed by atoms with Crippen molar-refractivity contribution >= 4 is 5.69 Å². The smallest absolute Gasteiger partial charge is 0.128 e. The molecule has 16 heavy (non-hydrogen) atoms. The molecule has 1 aromatic rings. The van der Waals surface area contributed by atoms with Gasteiger partial charge in [0.2, 0.25) is 0 Å². The molecule has 0 aromatic heterocycles. The molecule has 0 saturated carbocycles. The lowest BCUT2D eigenvalue weighted by Crippen LogP contribution is -2.19. The second-order valence-corrected chi connectivity index (χ2v) is 5.66. The summed E-state index contributed by atoms with van der Waals surface area (Å²) in [6.45, 7) is 9.56. The molecule has 0 atom stereocenters. The first kappa shape index (κ1) is 11.3. The van der Waals surface area contributed by atoms with Crippen LogP contribution in [0.4, 0.5) is 5.69 Å². The third kappa shape index (κ3) is 1.77. The van der Waals surface area contributed by atoms with E-state index in [1.807, 2.05) is 0 Å². The maximum atomic E-state index is 6.14. The molecule has 0 radical (unpaired) electrons. The van der Waals surface area contributed by atoms with Gasteiger partial charge in [-0.25, -0.2) is 0 Å². The monoisotopic (exact) mass is 219 g/mol. The summed E-state index contributed by atoms with van der Waals surface area (Å²) >= 11 is 0. The zero-order valence-electron chi connectivity index (χ0n) is 10.7. The van der Waals surface area contributed by atoms with Gasteiger partial charge in [0.1, 0.15) is 5.75 Å². The lowest BCUT2D eigenvalue weighted by Gasteiger charge is -2.29. The number of hydrogen-bond donors (Lipinski definition) is 1. The molecule has 0 amide bonds. The van der Waals surface area contributed by atoms with Crippen LogP contribution in [0.2, 0.25) is 0 Å². The first-order chi connectivity index (χ1) is 7.41. The third-order valence-corrected chi connectivity index (χ3v) is 3.26. The number of aryl methyl sites for hydroxylation is 1. The summed E-state index contributed by atoms with van der Waals surface area (Å²) in [6, 6.07) is 2.18. The standard InChI is InChI=1S/C14H21NO/c1-9-8-11(14(2,3)4)13-10(12(9)15)6-5-7-16-13/h8H,5-7,15H2,1-4H3. The van der Waals surface area contributed by atoms with Crippen LogP contribution in [0.25, 0.3) is 0 Å². The minimum Gasteiger partial charge on any atom is -0.493 e. The van der Waals surface area contributed by atoms with Gasteiger partial charge in [-0.15, -0.1) is 0 Å². The van der Waals surface area contributed by atoms with E-state index < -0.39 is 0 Å². The number of rotatable bonds is 0. The van der Waals surface area contributed by atoms with Crippen molar-refractivity contribution in [3.05, 3.63) is 22.8 Å². The molecule has 1 aliphatic heterocycles. The molecule has 0 saturated heterocycles. The van der Waals surface area contributed by atoms with E-state index in [-0.39, 0.29) is 5.41 Å². The van der Waals surface area contributed by atoms with Crippen molar-refractivity contribution in [1.82, 2.24) is 0 Å². The van der Waals surface area contributed by atoms with Crippen LogP contribution in [0.1, 0.15) is 43.9 Å². The van der Waals surface area contributed by atoms with Crippen LogP contribution in [0, 0.1) is 6.92 Å². The third-order valence-electron chi connectivity index (χ3n) is 3.26. The van der Waals surface area contributed by atoms with Gasteiger partial charge in [0.25, 0.3) is 0 Å². The zero-order chi connectivity index (χ0) is 11.9. The molecule has 0 fully saturated rings. The molecule has 1 heterocycles. The molecule has 2 heteroatoms. The Morgan fingerprint density at radius 1 is 1.31 bits per heavy atom. The molecule has 1 aliphatic rings. The van der Waals surface area contributed by atoms with Crippen LogP contribution < -0.4 is 10.5 Å². The molecule has 0 aliphatic carbocycles. The summed E-state index contributed by atoms with van der Waals surface area (Å²) in [6.07, 6.45) is 2.12. The lowest BCUT2D eigenvalue weighted by atomic mass is 9.82. The first-order valence-electron chi connectivity index (χ1n) is 5.96. The van der Waals surface area contributed by atoms with Gasteiger partial charge in [-0.05, 0) is 36.8 Å². The van der Waals surface area contributed by atoms with Gasteiger partial charge < -0.3 is 10.5 Å². The van der Waals surface area contributed by atoms with Crippen LogP contribution in [0.5, 0.6) is 5.75 Å². The molecule has 2 nitrogen and oxygen atoms in total. The molecular formula is C14H21NO. The molecule has 0 spiro atoms. The molecule has 0 bridgehead atoms. The highest BCUT2D eigenvalue weighted by Gasteiger charge is 2.25. The molecule has 2 rings (SSSR count). The van der Waals surface area contributed by atoms with Crippen LogP contribution in [-0.2, 0) is 11.8 Å². The Hall–Kier alpha value is -1.18. The Morgan fingerprint density at radius 2 is 2.00 bits per heavy atom. The fraction of sp³-hybridized carbons (Fsp3) is 0.571. The Balaban J connectivity index is 2.67. The predicted octanol–water partition coefficient (Wildman–Crippen LogP) is 3.20. The number of benzene rings is 1. The van der Waals surface area contributed by atoms with Crippen LogP contribution in [0.15, 0.2) is 6.07 Å². The van der Waals surface area contributed by atoms with Crippen LogP contribution in [0.3, 0.4) is 0 Å². The zero-order valence-corrected chi connectivity index (χ0v) is 10.7. The van der Waals surface area contributed by atoms with E-state index in [4.69, 9.17) is 10.5 Å². The second-order valence-electron chi connectivity index (χ2n) is 5.66. The maximum Gasteiger partial charge on any atom is 0.128 e. The SMILES string of the molecule is Cc1cc(C(C)(C)C)c2c(c1N)CCCO2. The topological polar surface area (TPSA) is 35.2 Å². The van der Waals surface area contributed by atoms with Gasteiger partial charge in [0.05, 0.1) is 6.61 Å². The predicted molar refractivity (Wildman–Crippen MR) is 68.1 cm³/mol. The highest BCUT2D eigenvalue weighted by molar-refractivity contribution is 5.64. The number of nitrogens with two attached hydrogens (primary N) is 1. The quantitative estimate of drug-likeness (QED) is 0.680. The van der Waals surface area contributed by atoms with Crippen LogP contribution in [-0.4, -0.2) is 6.61 Å². The summed E-state index contributed by atoms with van der Waals surface area (Å²) in [5, 5.41) is 0. The van der Waals surface area contributed by atoms with E-state index in [1.165, 1.54) is 16.7 Å². The van der Waals surface area contributed by atoms with E-state index in [9.17, 15) is 0 Å². The van der Waals surface area contributed by atoms with E-state index >= 15 is 0 Å². The Morgan fingerprint density at radius 3 is 2.62 bits per heavy atom. The highest BCUT2D eigenvalue weighted by atomic mass is 16.5. The number of hydrogen-bond acceptors (Lipinski definition) is 2. The molecule has 1 aromatic carbocycles. The summed E-state index contributed by atoms with van der Waals surface area (Å²) in [4.78, 5) is 0. The van der Waals surface area contributed by atoms with Gasteiger partial charge in [-0.1, -0.05) is 20.8 Å². The second kappa shape index (κ2) is 3.69. The average molecular weight is 219 g/mol. The summed E-state index contributed by atoms with van der Waals surface area (Å²) in [5.41, 5.74) is 10.8. The minimum atomic E-state index is 0.111. The van der Waals surface area contributed by atoms with E-state index in [0.717, 1.165) is 30.9 Å². The normalized spacial score (nSPS) is 15.5. The Kier molecular flexibility index (Phi) is 2.61. The summed E-state index contributed by atoms with van der Waals surface area (Å²) in [5.74, 6) is 1.04. The van der Waals surface area contributed by atoms with Crippen LogP contribution >= 0.6 is 0 Å². The van der Waals surface area contributed by atoms with E-state index in [0.29, 0.717) is 0 Å². The number of ether oxygens (including phenoxy) is 1. The Labute approximate surface area is 97.8 Å². The van der Waals surface area contributed by atoms with Crippen molar-refractivity contribution in [3.8, 4) is 5.75 Å². The maximum absolute atomic E-state index is 6.14. The molecule has 2 N–H and O–H groups in total. The van der Waals surface area contributed by atoms with E-state index in [2.05, 4.69) is 33.8 Å². The van der Waals surface area contributed by atoms with Gasteiger partial charge in [0.15, 0.2) is 0 Å². The fourth-order valence-corrected chi connectivity index (χ4v) is 2.28. The van der Waals surface area contributed by atoms with Crippen molar-refractivity contribution in [1.29, 1.82) is 0 Å². The van der Waals surface area contributed by atoms with E-state index in [1.54, 1.807) is 0 Å². The van der Waals surface area contributed by atoms with Crippen molar-refractivity contribution in [3.63, 3.8) is 0 Å². The van der Waals surface area contributed by atoms with Crippen molar-refractivity contribution in [2.24, 2.45) is 0 Å². The molecule has 0 unspecified atom stereocenters. The largest absolute Gasteiger partial charge is 0.493 e. The molecule has 88 valence electrons. The van der Waals surface area contributed by atoms with Gasteiger partial charge in [-0.2, -0.15) is 0 Å². The lowest BCUT2D eigenvalue weighted by molar-refractivity contribution is 0.280. The Bertz CT molecular complexity index is 416. The number of fused-ring (bicyclic) bond motifs is 1. The summed E-state index contributed by atoms with van der Waals surface area (Å²) < 4.78 is 5.84. The minimum absolute atomic E-state index is 0.111. The summed E-state index contributed by atoms with van der Waals surface area (Å²) in [7, 11) is 0. The fourth-order valence-electron chi connectivity index (χ4n) is 2.28. The van der Waals surface area contributed by atoms with Crippen molar-refractivity contribution in [2.45, 2.75) is 46.0 Å². The van der Waals surface area contributed by atoms with Crippen molar-refractivity contribution in [2.75, 3.05) is 12.3 Å². The van der Waals surface area contributed by atoms with Gasteiger partial charge in [-0.3, -0.25) is 0 Å².